The molecule has 6 N–H and O–H groups in total. The molecule has 65 heavy (non-hydrogen) atoms. The van der Waals surface area contributed by atoms with Crippen molar-refractivity contribution in [3.8, 4) is 0 Å². The van der Waals surface area contributed by atoms with Crippen molar-refractivity contribution in [1.29, 1.82) is 0 Å². The lowest BCUT2D eigenvalue weighted by Crippen LogP contribution is -2.24. The number of hydrogen-bond acceptors (Lipinski definition) is 10. The number of hydrogen-bond donors (Lipinski definition) is 6. The maximum absolute atomic E-state index is 12.2. The minimum Gasteiger partial charge on any atom is -0.394 e. The number of aliphatic hydroxyl groups is 2. The van der Waals surface area contributed by atoms with Gasteiger partial charge in [-0.1, -0.05) is 126 Å². The van der Waals surface area contributed by atoms with Crippen molar-refractivity contribution in [2.45, 2.75) is 90.3 Å². The standard InChI is InChI=1S/C23H25O5P.C21H24N3O4P.C3H9O3P/c1-15(2)29(25,26)28-20(12-24)14-27-13-19-9-8-18-7-6-16-4-3-5-17-10-11-21(19)23(18)22(16)17;1-14(2)29(26,27)28-15(13-25)11-12-24-19-10-6-3-7-16(19)20-21(24)23-18-9-5-4-8-17(18)22-20;1-3(2)7(4,5)6/h3-11,15,20,24H,12-14H2,1-2H3,(H,25,26);3-10,14-15,25H,11-13H2,1-2H3,(H,26,27);3H,1-2H3,(H2,4,5,6)/t20-;15-;/m10./s1. The fourth-order valence-corrected chi connectivity index (χ4v) is 8.71. The van der Waals surface area contributed by atoms with E-state index >= 15 is 0 Å². The summed E-state index contributed by atoms with van der Waals surface area (Å²) in [5.41, 5.74) is 3.61. The third-order valence-corrected chi connectivity index (χ3v) is 16.3. The van der Waals surface area contributed by atoms with Gasteiger partial charge in [-0.15, -0.1) is 0 Å². The summed E-state index contributed by atoms with van der Waals surface area (Å²) < 4.78 is 52.6. The van der Waals surface area contributed by atoms with E-state index in [1.54, 1.807) is 27.7 Å². The van der Waals surface area contributed by atoms with Crippen LogP contribution < -0.4 is 0 Å². The molecule has 0 fully saturated rings. The van der Waals surface area contributed by atoms with Crippen LogP contribution in [0.4, 0.5) is 0 Å². The fourth-order valence-electron chi connectivity index (χ4n) is 7.07. The van der Waals surface area contributed by atoms with Gasteiger partial charge >= 0.3 is 22.8 Å². The highest BCUT2D eigenvalue weighted by Gasteiger charge is 2.30. The van der Waals surface area contributed by atoms with E-state index in [9.17, 15) is 33.7 Å². The number of ether oxygens (including phenoxy) is 1. The molecule has 0 aliphatic carbocycles. The van der Waals surface area contributed by atoms with Gasteiger partial charge in [-0.2, -0.15) is 0 Å². The molecule has 0 aliphatic rings. The fraction of sp³-hybridized carbons (Fsp3) is 0.362. The molecule has 0 radical (unpaired) electrons. The molecule has 0 saturated heterocycles. The van der Waals surface area contributed by atoms with Gasteiger partial charge in [0.25, 0.3) is 0 Å². The monoisotopic (exact) mass is 949 g/mol. The van der Waals surface area contributed by atoms with Gasteiger partial charge < -0.3 is 48.1 Å². The van der Waals surface area contributed by atoms with Gasteiger partial charge in [0.1, 0.15) is 11.6 Å². The van der Waals surface area contributed by atoms with Crippen molar-refractivity contribution in [1.82, 2.24) is 14.5 Å². The van der Waals surface area contributed by atoms with Crippen molar-refractivity contribution < 1.29 is 57.3 Å². The van der Waals surface area contributed by atoms with E-state index in [0.717, 1.165) is 44.0 Å². The molecule has 348 valence electrons. The second-order valence-electron chi connectivity index (χ2n) is 16.8. The Bertz CT molecular complexity index is 3010. The number of benzene rings is 6. The van der Waals surface area contributed by atoms with Crippen LogP contribution >= 0.6 is 22.8 Å². The van der Waals surface area contributed by atoms with Crippen LogP contribution in [0.15, 0.2) is 103 Å². The normalized spacial score (nSPS) is 15.1. The number of rotatable bonds is 16. The Morgan fingerprint density at radius 3 is 1.69 bits per heavy atom. The molecule has 2 aromatic heterocycles. The third-order valence-electron chi connectivity index (χ3n) is 11.1. The quantitative estimate of drug-likeness (QED) is 0.0391. The van der Waals surface area contributed by atoms with Crippen LogP contribution in [-0.2, 0) is 40.6 Å². The van der Waals surface area contributed by atoms with Gasteiger partial charge in [0.05, 0.1) is 66.1 Å². The highest BCUT2D eigenvalue weighted by atomic mass is 31.2. The second kappa shape index (κ2) is 21.2. The van der Waals surface area contributed by atoms with E-state index in [2.05, 4.69) is 48.5 Å². The summed E-state index contributed by atoms with van der Waals surface area (Å²) in [4.78, 5) is 45.9. The van der Waals surface area contributed by atoms with E-state index in [1.807, 2.05) is 59.2 Å². The average Bonchev–Trinajstić information content (AvgIpc) is 3.57. The lowest BCUT2D eigenvalue weighted by atomic mass is 9.92. The highest BCUT2D eigenvalue weighted by Crippen LogP contribution is 2.49. The first-order valence-corrected chi connectivity index (χ1v) is 26.4. The van der Waals surface area contributed by atoms with Crippen LogP contribution in [0.2, 0.25) is 0 Å². The summed E-state index contributed by atoms with van der Waals surface area (Å²) in [5.74, 6) is 0. The lowest BCUT2D eigenvalue weighted by Gasteiger charge is -2.22. The predicted octanol–water partition coefficient (Wildman–Crippen LogP) is 9.74. The Labute approximate surface area is 377 Å². The molecule has 15 nitrogen and oxygen atoms in total. The molecule has 0 amide bonds. The molecule has 0 bridgehead atoms. The molecule has 2 heterocycles. The zero-order chi connectivity index (χ0) is 47.3. The Balaban J connectivity index is 0.000000188. The Morgan fingerprint density at radius 2 is 1.11 bits per heavy atom. The van der Waals surface area contributed by atoms with Gasteiger partial charge in [0, 0.05) is 11.9 Å². The van der Waals surface area contributed by atoms with Crippen LogP contribution in [0.25, 0.3) is 65.4 Å². The summed E-state index contributed by atoms with van der Waals surface area (Å²) >= 11 is 0. The maximum Gasteiger partial charge on any atom is 0.331 e. The Kier molecular flexibility index (Phi) is 16.4. The number of aliphatic hydroxyl groups excluding tert-OH is 2. The first-order valence-electron chi connectivity index (χ1n) is 21.4. The first kappa shape index (κ1) is 50.2. The molecule has 6 aromatic carbocycles. The molecule has 4 atom stereocenters. The van der Waals surface area contributed by atoms with E-state index in [0.29, 0.717) is 19.6 Å². The van der Waals surface area contributed by atoms with Crippen molar-refractivity contribution in [3.63, 3.8) is 0 Å². The van der Waals surface area contributed by atoms with Crippen molar-refractivity contribution >= 4 is 88.2 Å². The molecular weight excluding hydrogens is 891 g/mol. The van der Waals surface area contributed by atoms with Crippen molar-refractivity contribution in [3.05, 3.63) is 109 Å². The topological polar surface area (TPSA) is 231 Å². The summed E-state index contributed by atoms with van der Waals surface area (Å²) in [6, 6.07) is 34.6. The number of aryl methyl sites for hydroxylation is 1. The van der Waals surface area contributed by atoms with Gasteiger partial charge in [-0.05, 0) is 62.5 Å². The average molecular weight is 950 g/mol. The summed E-state index contributed by atoms with van der Waals surface area (Å²) in [6.07, 6.45) is -1.21. The molecule has 8 rings (SSSR count). The molecule has 0 spiro atoms. The maximum atomic E-state index is 12.2. The van der Waals surface area contributed by atoms with Gasteiger partial charge in [-0.25, -0.2) is 9.97 Å². The molecule has 2 unspecified atom stereocenters. The van der Waals surface area contributed by atoms with Crippen molar-refractivity contribution in [2.24, 2.45) is 0 Å². The van der Waals surface area contributed by atoms with Crippen LogP contribution in [0.3, 0.4) is 0 Å². The zero-order valence-corrected chi connectivity index (χ0v) is 39.9. The van der Waals surface area contributed by atoms with E-state index in [1.165, 1.54) is 40.8 Å². The Hall–Kier alpha value is -4.17. The number of aromatic nitrogens is 3. The second-order valence-corrected chi connectivity index (χ2v) is 23.7. The molecule has 0 aliphatic heterocycles. The Morgan fingerprint density at radius 1 is 0.585 bits per heavy atom. The van der Waals surface area contributed by atoms with Gasteiger partial charge in [-0.3, -0.25) is 13.7 Å². The SMILES string of the molecule is CC(C)P(=O)(O)O.CC(C)P(=O)(O)O[C@H](CO)CCn1c2ccccc2c2nc3ccccc3nc21.CC(C)P(=O)(O)O[C@H](CO)COCc1ccc2ccc3cccc4ccc1c2c34. The first-order chi connectivity index (χ1) is 30.7. The predicted molar refractivity (Wildman–Crippen MR) is 258 cm³/mol. The van der Waals surface area contributed by atoms with E-state index in [-0.39, 0.29) is 19.8 Å². The van der Waals surface area contributed by atoms with Gasteiger partial charge in [0.15, 0.2) is 5.65 Å². The van der Waals surface area contributed by atoms with E-state index < -0.39 is 52.0 Å². The third kappa shape index (κ3) is 11.9. The van der Waals surface area contributed by atoms with Crippen LogP contribution in [0, 0.1) is 0 Å². The zero-order valence-electron chi connectivity index (χ0n) is 37.3. The molecule has 18 heteroatoms. The summed E-state index contributed by atoms with van der Waals surface area (Å²) in [7, 11) is -11.3. The van der Waals surface area contributed by atoms with Crippen molar-refractivity contribution in [2.75, 3.05) is 19.8 Å². The minimum atomic E-state index is -3.77. The number of nitrogens with zero attached hydrogens (tertiary/aromatic N) is 3. The van der Waals surface area contributed by atoms with Crippen LogP contribution in [0.1, 0.15) is 53.5 Å². The largest absolute Gasteiger partial charge is 0.394 e. The highest BCUT2D eigenvalue weighted by molar-refractivity contribution is 7.53. The van der Waals surface area contributed by atoms with Gasteiger partial charge in [0.2, 0.25) is 0 Å². The molecule has 0 saturated carbocycles. The summed E-state index contributed by atoms with van der Waals surface area (Å²) in [5, 5.41) is 27.4. The number of fused-ring (bicyclic) bond motifs is 4. The van der Waals surface area contributed by atoms with Crippen LogP contribution in [0.5, 0.6) is 0 Å². The molecule has 8 aromatic rings. The lowest BCUT2D eigenvalue weighted by molar-refractivity contribution is 0.00791. The minimum absolute atomic E-state index is 0.0374. The number of para-hydroxylation sites is 3. The summed E-state index contributed by atoms with van der Waals surface area (Å²) in [6.45, 7) is 9.58. The smallest absolute Gasteiger partial charge is 0.331 e. The molecular formula is C47H58N3O12P3. The van der Waals surface area contributed by atoms with E-state index in [4.69, 9.17) is 33.5 Å². The van der Waals surface area contributed by atoms with Crippen LogP contribution in [-0.4, -0.2) is 93.3 Å².